The standard InChI is InChI=1S/C24H28N2O6/c1-15(2)13-31-23(29)19-9-5-17(6-10-19)21(27)25-26-22(28)18-7-11-20(12-8-18)24(30)32-14-16(3)4/h5-12,15-16H,13-14H2,1-4H3,(H,25,27)(H,26,28). The van der Waals surface area contributed by atoms with Gasteiger partial charge in [0, 0.05) is 11.1 Å². The molecule has 0 aliphatic carbocycles. The first kappa shape index (κ1) is 24.6. The van der Waals surface area contributed by atoms with Crippen LogP contribution < -0.4 is 10.9 Å². The summed E-state index contributed by atoms with van der Waals surface area (Å²) >= 11 is 0. The highest BCUT2D eigenvalue weighted by Gasteiger charge is 2.13. The Kier molecular flexibility index (Phi) is 8.95. The number of carbonyl (C=O) groups excluding carboxylic acids is 4. The van der Waals surface area contributed by atoms with Crippen molar-refractivity contribution in [3.63, 3.8) is 0 Å². The third kappa shape index (κ3) is 7.54. The average Bonchev–Trinajstić information content (AvgIpc) is 2.79. The monoisotopic (exact) mass is 440 g/mol. The summed E-state index contributed by atoms with van der Waals surface area (Å²) in [6.07, 6.45) is 0. The van der Waals surface area contributed by atoms with Crippen LogP contribution in [-0.4, -0.2) is 37.0 Å². The molecule has 2 aromatic carbocycles. The first-order valence-corrected chi connectivity index (χ1v) is 10.3. The molecule has 8 heteroatoms. The van der Waals surface area contributed by atoms with Gasteiger partial charge < -0.3 is 9.47 Å². The largest absolute Gasteiger partial charge is 0.462 e. The van der Waals surface area contributed by atoms with Crippen molar-refractivity contribution in [2.75, 3.05) is 13.2 Å². The van der Waals surface area contributed by atoms with Crippen molar-refractivity contribution < 1.29 is 28.7 Å². The summed E-state index contributed by atoms with van der Waals surface area (Å²) < 4.78 is 10.3. The van der Waals surface area contributed by atoms with Gasteiger partial charge in [-0.3, -0.25) is 20.4 Å². The van der Waals surface area contributed by atoms with Crippen LogP contribution >= 0.6 is 0 Å². The maximum absolute atomic E-state index is 12.2. The molecule has 0 heterocycles. The van der Waals surface area contributed by atoms with Gasteiger partial charge in [0.25, 0.3) is 11.8 Å². The molecule has 0 saturated heterocycles. The van der Waals surface area contributed by atoms with Crippen molar-refractivity contribution in [2.45, 2.75) is 27.7 Å². The Morgan fingerprint density at radius 3 is 1.16 bits per heavy atom. The molecule has 0 unspecified atom stereocenters. The Bertz CT molecular complexity index is 870. The number of carbonyl (C=O) groups is 4. The molecule has 0 spiro atoms. The second-order valence-corrected chi connectivity index (χ2v) is 8.05. The fourth-order valence-corrected chi connectivity index (χ4v) is 2.42. The van der Waals surface area contributed by atoms with E-state index in [0.717, 1.165) is 0 Å². The van der Waals surface area contributed by atoms with Crippen LogP contribution in [0.1, 0.15) is 69.1 Å². The molecule has 170 valence electrons. The van der Waals surface area contributed by atoms with Crippen LogP contribution in [-0.2, 0) is 9.47 Å². The summed E-state index contributed by atoms with van der Waals surface area (Å²) in [6.45, 7) is 8.37. The molecule has 2 amide bonds. The lowest BCUT2D eigenvalue weighted by atomic mass is 10.1. The van der Waals surface area contributed by atoms with E-state index in [1.807, 2.05) is 27.7 Å². The number of esters is 2. The Morgan fingerprint density at radius 2 is 0.875 bits per heavy atom. The number of hydrazine groups is 1. The van der Waals surface area contributed by atoms with Gasteiger partial charge in [-0.25, -0.2) is 9.59 Å². The smallest absolute Gasteiger partial charge is 0.338 e. The van der Waals surface area contributed by atoms with Gasteiger partial charge in [0.2, 0.25) is 0 Å². The summed E-state index contributed by atoms with van der Waals surface area (Å²) in [5, 5.41) is 0. The third-order valence-corrected chi connectivity index (χ3v) is 4.15. The predicted molar refractivity (Wildman–Crippen MR) is 118 cm³/mol. The molecule has 2 N–H and O–H groups in total. The molecule has 0 saturated carbocycles. The quantitative estimate of drug-likeness (QED) is 0.481. The van der Waals surface area contributed by atoms with Gasteiger partial charge in [0.15, 0.2) is 0 Å². The van der Waals surface area contributed by atoms with E-state index in [1.165, 1.54) is 48.5 Å². The normalized spacial score (nSPS) is 10.6. The molecule has 2 rings (SSSR count). The minimum absolute atomic E-state index is 0.225. The van der Waals surface area contributed by atoms with E-state index >= 15 is 0 Å². The van der Waals surface area contributed by atoms with E-state index in [9.17, 15) is 19.2 Å². The SMILES string of the molecule is CC(C)COC(=O)c1ccc(C(=O)NNC(=O)c2ccc(C(=O)OCC(C)C)cc2)cc1. The molecule has 8 nitrogen and oxygen atoms in total. The highest BCUT2D eigenvalue weighted by Crippen LogP contribution is 2.09. The molecule has 0 aliphatic rings. The maximum Gasteiger partial charge on any atom is 0.338 e. The first-order chi connectivity index (χ1) is 15.2. The van der Waals surface area contributed by atoms with Crippen LogP contribution in [0.25, 0.3) is 0 Å². The minimum atomic E-state index is -0.547. The molecule has 0 fully saturated rings. The molecular formula is C24H28N2O6. The summed E-state index contributed by atoms with van der Waals surface area (Å²) in [5.74, 6) is -1.57. The van der Waals surface area contributed by atoms with Gasteiger partial charge in [-0.05, 0) is 60.4 Å². The van der Waals surface area contributed by atoms with E-state index in [0.29, 0.717) is 24.3 Å². The maximum atomic E-state index is 12.2. The molecule has 0 atom stereocenters. The summed E-state index contributed by atoms with van der Waals surface area (Å²) in [5.41, 5.74) is 5.80. The highest BCUT2D eigenvalue weighted by molar-refractivity contribution is 6.00. The lowest BCUT2D eigenvalue weighted by Gasteiger charge is -2.10. The zero-order valence-corrected chi connectivity index (χ0v) is 18.6. The van der Waals surface area contributed by atoms with Gasteiger partial charge in [0.1, 0.15) is 0 Å². The third-order valence-electron chi connectivity index (χ3n) is 4.15. The molecule has 2 aromatic rings. The fraction of sp³-hybridized carbons (Fsp3) is 0.333. The molecule has 0 aromatic heterocycles. The number of rotatable bonds is 8. The number of amides is 2. The Hall–Kier alpha value is -3.68. The van der Waals surface area contributed by atoms with E-state index < -0.39 is 23.8 Å². The van der Waals surface area contributed by atoms with Crippen molar-refractivity contribution in [1.82, 2.24) is 10.9 Å². The molecule has 0 radical (unpaired) electrons. The highest BCUT2D eigenvalue weighted by atomic mass is 16.5. The van der Waals surface area contributed by atoms with Gasteiger partial charge >= 0.3 is 11.9 Å². The Morgan fingerprint density at radius 1 is 0.594 bits per heavy atom. The molecule has 0 bridgehead atoms. The van der Waals surface area contributed by atoms with E-state index in [2.05, 4.69) is 10.9 Å². The Labute approximate surface area is 187 Å². The van der Waals surface area contributed by atoms with Crippen LogP contribution in [0.2, 0.25) is 0 Å². The molecule has 0 aliphatic heterocycles. The van der Waals surface area contributed by atoms with E-state index in [-0.39, 0.29) is 23.0 Å². The van der Waals surface area contributed by atoms with Crippen LogP contribution in [0, 0.1) is 11.8 Å². The summed E-state index contributed by atoms with van der Waals surface area (Å²) in [7, 11) is 0. The molecule has 32 heavy (non-hydrogen) atoms. The van der Waals surface area contributed by atoms with Gasteiger partial charge in [-0.2, -0.15) is 0 Å². The van der Waals surface area contributed by atoms with Crippen LogP contribution in [0.5, 0.6) is 0 Å². The zero-order valence-electron chi connectivity index (χ0n) is 18.6. The summed E-state index contributed by atoms with van der Waals surface area (Å²) in [4.78, 5) is 48.3. The number of ether oxygens (including phenoxy) is 2. The second-order valence-electron chi connectivity index (χ2n) is 8.05. The summed E-state index contributed by atoms with van der Waals surface area (Å²) in [6, 6.07) is 11.8. The van der Waals surface area contributed by atoms with Crippen molar-refractivity contribution >= 4 is 23.8 Å². The van der Waals surface area contributed by atoms with Crippen LogP contribution in [0.15, 0.2) is 48.5 Å². The second kappa shape index (κ2) is 11.6. The lowest BCUT2D eigenvalue weighted by Crippen LogP contribution is -2.41. The predicted octanol–water partition coefficient (Wildman–Crippen LogP) is 3.39. The van der Waals surface area contributed by atoms with Crippen molar-refractivity contribution in [3.8, 4) is 0 Å². The Balaban J connectivity index is 1.87. The van der Waals surface area contributed by atoms with Crippen LogP contribution in [0.3, 0.4) is 0 Å². The number of hydrogen-bond donors (Lipinski definition) is 2. The first-order valence-electron chi connectivity index (χ1n) is 10.3. The number of nitrogens with one attached hydrogen (secondary N) is 2. The van der Waals surface area contributed by atoms with Gasteiger partial charge in [-0.15, -0.1) is 0 Å². The van der Waals surface area contributed by atoms with Gasteiger partial charge in [-0.1, -0.05) is 27.7 Å². The topological polar surface area (TPSA) is 111 Å². The average molecular weight is 440 g/mol. The fourth-order valence-electron chi connectivity index (χ4n) is 2.42. The van der Waals surface area contributed by atoms with Gasteiger partial charge in [0.05, 0.1) is 24.3 Å². The zero-order chi connectivity index (χ0) is 23.7. The van der Waals surface area contributed by atoms with Crippen LogP contribution in [0.4, 0.5) is 0 Å². The van der Waals surface area contributed by atoms with E-state index in [4.69, 9.17) is 9.47 Å². The lowest BCUT2D eigenvalue weighted by molar-refractivity contribution is 0.0450. The minimum Gasteiger partial charge on any atom is -0.462 e. The van der Waals surface area contributed by atoms with Crippen molar-refractivity contribution in [2.24, 2.45) is 11.8 Å². The number of hydrogen-bond acceptors (Lipinski definition) is 6. The van der Waals surface area contributed by atoms with Crippen molar-refractivity contribution in [3.05, 3.63) is 70.8 Å². The molecular weight excluding hydrogens is 412 g/mol. The number of benzene rings is 2. The van der Waals surface area contributed by atoms with E-state index in [1.54, 1.807) is 0 Å². The van der Waals surface area contributed by atoms with Crippen molar-refractivity contribution in [1.29, 1.82) is 0 Å².